The van der Waals surface area contributed by atoms with Gasteiger partial charge in [-0.15, -0.1) is 6.42 Å². The van der Waals surface area contributed by atoms with Crippen LogP contribution in [0.3, 0.4) is 0 Å². The number of hydrogen-bond donors (Lipinski definition) is 1. The summed E-state index contributed by atoms with van der Waals surface area (Å²) in [6, 6.07) is 4.95. The van der Waals surface area contributed by atoms with Gasteiger partial charge in [0.1, 0.15) is 41.7 Å². The third-order valence-corrected chi connectivity index (χ3v) is 9.80. The number of aromatic nitrogens is 3. The van der Waals surface area contributed by atoms with Gasteiger partial charge in [-0.3, -0.25) is 9.88 Å². The van der Waals surface area contributed by atoms with Crippen molar-refractivity contribution in [3.05, 3.63) is 46.9 Å². The van der Waals surface area contributed by atoms with Gasteiger partial charge in [0.05, 0.1) is 43.5 Å². The summed E-state index contributed by atoms with van der Waals surface area (Å²) < 4.78 is 76.0. The van der Waals surface area contributed by atoms with Crippen molar-refractivity contribution in [3.8, 4) is 35.4 Å². The molecule has 2 aromatic heterocycles. The summed E-state index contributed by atoms with van der Waals surface area (Å²) in [5.74, 6) is 1.16. The quantitative estimate of drug-likeness (QED) is 0.289. The van der Waals surface area contributed by atoms with E-state index in [1.807, 2.05) is 0 Å². The number of terminal acetylenes is 1. The Balaban J connectivity index is 1.32. The van der Waals surface area contributed by atoms with Crippen molar-refractivity contribution in [2.24, 2.45) is 5.92 Å². The van der Waals surface area contributed by atoms with Gasteiger partial charge < -0.3 is 19.5 Å². The molecule has 232 valence electrons. The van der Waals surface area contributed by atoms with Crippen LogP contribution in [0.2, 0.25) is 5.02 Å². The molecule has 0 spiro atoms. The lowest BCUT2D eigenvalue weighted by Gasteiger charge is -2.31. The molecule has 1 N–H and O–H groups in total. The zero-order valence-corrected chi connectivity index (χ0v) is 24.7. The normalized spacial score (nSPS) is 28.7. The number of anilines is 1. The van der Waals surface area contributed by atoms with Crippen molar-refractivity contribution in [1.82, 2.24) is 19.9 Å². The largest absolute Gasteiger partial charge is 0.508 e. The number of fused-ring (bicyclic) bond motifs is 4. The van der Waals surface area contributed by atoms with Crippen LogP contribution in [0.4, 0.5) is 19.0 Å². The van der Waals surface area contributed by atoms with Gasteiger partial charge in [-0.05, 0) is 43.0 Å². The van der Waals surface area contributed by atoms with Gasteiger partial charge in [0.15, 0.2) is 5.82 Å². The molecule has 5 atom stereocenters. The fourth-order valence-electron chi connectivity index (χ4n) is 7.31. The number of alkyl halides is 2. The van der Waals surface area contributed by atoms with E-state index in [1.165, 1.54) is 18.3 Å². The van der Waals surface area contributed by atoms with Gasteiger partial charge in [-0.2, -0.15) is 9.97 Å². The van der Waals surface area contributed by atoms with Crippen molar-refractivity contribution in [2.75, 3.05) is 44.3 Å². The van der Waals surface area contributed by atoms with Crippen LogP contribution in [0.5, 0.6) is 11.8 Å². The first kappa shape index (κ1) is 26.4. The second kappa shape index (κ2) is 10.6. The van der Waals surface area contributed by atoms with Crippen LogP contribution in [-0.4, -0.2) is 88.3 Å². The third-order valence-electron chi connectivity index (χ3n) is 9.48. The minimum absolute atomic E-state index is 0.0652. The molecule has 0 radical (unpaired) electrons. The maximum atomic E-state index is 16.9. The van der Waals surface area contributed by atoms with E-state index >= 15 is 4.39 Å². The van der Waals surface area contributed by atoms with Gasteiger partial charge in [0, 0.05) is 42.6 Å². The molecular weight excluding hydrogens is 607 g/mol. The van der Waals surface area contributed by atoms with Crippen LogP contribution in [0, 0.1) is 24.1 Å². The minimum atomic E-state index is -2.45. The molecule has 8 rings (SSSR count). The van der Waals surface area contributed by atoms with Crippen molar-refractivity contribution in [1.29, 1.82) is 0 Å². The number of phenols is 1. The highest BCUT2D eigenvalue weighted by molar-refractivity contribution is 6.33. The van der Waals surface area contributed by atoms with E-state index in [0.717, 1.165) is 0 Å². The van der Waals surface area contributed by atoms with E-state index in [9.17, 15) is 13.9 Å². The summed E-state index contributed by atoms with van der Waals surface area (Å²) in [6.45, 7) is -1.13. The maximum Gasteiger partial charge on any atom is 0.319 e. The predicted molar refractivity (Wildman–Crippen MR) is 164 cm³/mol. The van der Waals surface area contributed by atoms with Crippen molar-refractivity contribution < 1.29 is 30.5 Å². The fraction of sp³-hybridized carbons (Fsp3) is 0.424. The first-order valence-electron chi connectivity index (χ1n) is 15.9. The molecule has 45 heavy (non-hydrogen) atoms. The van der Waals surface area contributed by atoms with Gasteiger partial charge in [0.2, 0.25) is 0 Å². The number of nitrogens with zero attached hydrogens (tertiary/aromatic N) is 5. The highest BCUT2D eigenvalue weighted by Crippen LogP contribution is 2.46. The molecule has 1 saturated carbocycles. The van der Waals surface area contributed by atoms with E-state index in [2.05, 4.69) is 20.9 Å². The van der Waals surface area contributed by atoms with E-state index in [4.69, 9.17) is 30.2 Å². The molecule has 0 unspecified atom stereocenters. The molecule has 3 aliphatic heterocycles. The molecule has 12 heteroatoms. The SMILES string of the molecule is [2H]C([2H])(Oc1nc(N2CCOC[C@H]3[C@H](F)[C@H]32)c2cnc(-c3cc(O)cc4ccc(Cl)c(C#C)c34)c(F)c2n1)[C@@]12CCCN1C[C@H](F)C2. The molecule has 8 nitrogen and oxygen atoms in total. The number of halogens is 4. The monoisotopic (exact) mass is 637 g/mol. The Hall–Kier alpha value is -3.85. The number of benzene rings is 2. The van der Waals surface area contributed by atoms with Gasteiger partial charge >= 0.3 is 6.01 Å². The van der Waals surface area contributed by atoms with Crippen LogP contribution in [0.1, 0.15) is 27.6 Å². The average molecular weight is 638 g/mol. The van der Waals surface area contributed by atoms with E-state index in [1.54, 1.807) is 21.9 Å². The summed E-state index contributed by atoms with van der Waals surface area (Å²) in [5.41, 5.74) is -1.29. The van der Waals surface area contributed by atoms with Crippen LogP contribution in [-0.2, 0) is 4.74 Å². The Bertz CT molecular complexity index is 2000. The minimum Gasteiger partial charge on any atom is -0.508 e. The Labute approximate surface area is 264 Å². The summed E-state index contributed by atoms with van der Waals surface area (Å²) in [6.07, 6.45) is 5.69. The smallest absolute Gasteiger partial charge is 0.319 e. The van der Waals surface area contributed by atoms with Crippen molar-refractivity contribution >= 4 is 39.1 Å². The zero-order valence-electron chi connectivity index (χ0n) is 25.9. The summed E-state index contributed by atoms with van der Waals surface area (Å²) in [5, 5.41) is 11.9. The number of pyridine rings is 1. The Morgan fingerprint density at radius 3 is 2.98 bits per heavy atom. The van der Waals surface area contributed by atoms with Gasteiger partial charge in [-0.25, -0.2) is 13.2 Å². The first-order chi connectivity index (χ1) is 22.5. The number of aromatic hydroxyl groups is 1. The summed E-state index contributed by atoms with van der Waals surface area (Å²) in [7, 11) is 0. The lowest BCUT2D eigenvalue weighted by molar-refractivity contribution is 0.107. The van der Waals surface area contributed by atoms with Crippen molar-refractivity contribution in [3.63, 3.8) is 0 Å². The number of phenolic OH excluding ortho intramolecular Hbond substituents is 1. The van der Waals surface area contributed by atoms with E-state index in [-0.39, 0.29) is 77.0 Å². The maximum absolute atomic E-state index is 16.9. The molecule has 2 aromatic carbocycles. The van der Waals surface area contributed by atoms with Crippen LogP contribution in [0.25, 0.3) is 32.9 Å². The summed E-state index contributed by atoms with van der Waals surface area (Å²) in [4.78, 5) is 16.8. The molecule has 0 bridgehead atoms. The Kier molecular flexibility index (Phi) is 6.22. The third kappa shape index (κ3) is 4.56. The molecule has 0 amide bonds. The first-order valence-corrected chi connectivity index (χ1v) is 15.3. The molecule has 1 aliphatic carbocycles. The van der Waals surface area contributed by atoms with Gasteiger partial charge in [-0.1, -0.05) is 23.6 Å². The molecular formula is C33H29ClF3N5O3. The number of ether oxygens (including phenoxy) is 2. The van der Waals surface area contributed by atoms with Crippen LogP contribution < -0.4 is 9.64 Å². The number of rotatable bonds is 5. The molecule has 4 aromatic rings. The second-order valence-electron chi connectivity index (χ2n) is 12.1. The molecule has 3 saturated heterocycles. The molecule has 4 fully saturated rings. The topological polar surface area (TPSA) is 83.8 Å². The standard InChI is InChI=1S/C33H29ClF3N5O3/c1-2-20-24(34)5-4-17-10-19(43)11-21(25(17)20)28-27(37)29-22(13-38-28)31(42-8-9-44-15-23-26(36)30(23)42)40-32(39-29)45-16-33-6-3-7-41(33)14-18(35)12-33/h1,4-5,10-11,13,18,23,26,30,43H,3,6-9,12,14-16H2/t18-,23+,26+,30+,33+/m1/s1/i16D2. The highest BCUT2D eigenvalue weighted by atomic mass is 35.5. The van der Waals surface area contributed by atoms with Gasteiger partial charge in [0.25, 0.3) is 0 Å². The number of hydrogen-bond acceptors (Lipinski definition) is 8. The average Bonchev–Trinajstić information content (AvgIpc) is 3.39. The van der Waals surface area contributed by atoms with E-state index in [0.29, 0.717) is 30.2 Å². The molecule has 5 heterocycles. The lowest BCUT2D eigenvalue weighted by atomic mass is 9.95. The molecule has 4 aliphatic rings. The highest BCUT2D eigenvalue weighted by Gasteiger charge is 2.56. The van der Waals surface area contributed by atoms with Crippen LogP contribution >= 0.6 is 11.6 Å². The Morgan fingerprint density at radius 1 is 1.27 bits per heavy atom. The zero-order chi connectivity index (χ0) is 32.8. The lowest BCUT2D eigenvalue weighted by Crippen LogP contribution is -2.43. The Morgan fingerprint density at radius 2 is 2.13 bits per heavy atom. The van der Waals surface area contributed by atoms with Crippen molar-refractivity contribution in [2.45, 2.75) is 43.2 Å². The second-order valence-corrected chi connectivity index (χ2v) is 12.5. The fourth-order valence-corrected chi connectivity index (χ4v) is 7.53. The van der Waals surface area contributed by atoms with Crippen LogP contribution in [0.15, 0.2) is 30.5 Å². The summed E-state index contributed by atoms with van der Waals surface area (Å²) >= 11 is 6.40. The van der Waals surface area contributed by atoms with E-state index < -0.39 is 48.2 Å². The predicted octanol–water partition coefficient (Wildman–Crippen LogP) is 5.45.